The Hall–Kier alpha value is -0.110. The van der Waals surface area contributed by atoms with Crippen LogP contribution in [0.3, 0.4) is 0 Å². The molecule has 0 bridgehead atoms. The Labute approximate surface area is 171 Å². The first kappa shape index (κ1) is 27.1. The smallest absolute Gasteiger partial charge is 0.394 e. The molecule has 0 heterocycles. The third kappa shape index (κ3) is 35.8. The first-order valence-corrected chi connectivity index (χ1v) is 12.1. The quantitative estimate of drug-likeness (QED) is 0.291. The number of hydrogen-bond acceptors (Lipinski definition) is 3. The number of benzene rings is 1. The number of unbranched alkanes of at least 4 members (excludes halogenated alkanes) is 9. The molecule has 0 aliphatic heterocycles. The molecule has 0 spiro atoms. The summed E-state index contributed by atoms with van der Waals surface area (Å²) in [7, 11) is -4.67. The van der Waals surface area contributed by atoms with Crippen molar-refractivity contribution in [2.75, 3.05) is 0 Å². The van der Waals surface area contributed by atoms with E-state index in [1.165, 1.54) is 95.8 Å². The van der Waals surface area contributed by atoms with Gasteiger partial charge in [-0.05, 0) is 12.1 Å². The maximum absolute atomic E-state index is 8.74. The molecule has 0 saturated heterocycles. The van der Waals surface area contributed by atoms with Gasteiger partial charge in [0, 0.05) is 0 Å². The van der Waals surface area contributed by atoms with E-state index in [4.69, 9.17) is 22.6 Å². The molecule has 0 saturated carbocycles. The summed E-state index contributed by atoms with van der Waals surface area (Å²) in [6.45, 7) is 2.29. The molecule has 0 fully saturated rings. The zero-order chi connectivity index (χ0) is 19.4. The van der Waals surface area contributed by atoms with Crippen LogP contribution in [0.5, 0.6) is 5.75 Å². The first-order valence-electron chi connectivity index (χ1n) is 9.25. The zero-order valence-corrected chi connectivity index (χ0v) is 18.5. The van der Waals surface area contributed by atoms with Gasteiger partial charge in [-0.1, -0.05) is 18.2 Å². The zero-order valence-electron chi connectivity index (χ0n) is 15.7. The van der Waals surface area contributed by atoms with Gasteiger partial charge in [0.05, 0.1) is 0 Å². The van der Waals surface area contributed by atoms with Gasteiger partial charge in [0.1, 0.15) is 5.75 Å². The van der Waals surface area contributed by atoms with Crippen LogP contribution in [0.4, 0.5) is 0 Å². The Morgan fingerprint density at radius 3 is 1.44 bits per heavy atom. The van der Waals surface area contributed by atoms with Crippen molar-refractivity contribution in [3.05, 3.63) is 30.3 Å². The predicted octanol–water partition coefficient (Wildman–Crippen LogP) is 5.23. The van der Waals surface area contributed by atoms with Gasteiger partial charge in [0.15, 0.2) is 0 Å². The molecule has 142 valence electrons. The minimum Gasteiger partial charge on any atom is -0.508 e. The predicted molar refractivity (Wildman–Crippen MR) is 105 cm³/mol. The monoisotopic (exact) mass is 384 g/mol. The van der Waals surface area contributed by atoms with Crippen molar-refractivity contribution in [2.45, 2.75) is 74.8 Å². The van der Waals surface area contributed by atoms with E-state index in [-0.39, 0.29) is 0 Å². The molecule has 1 aromatic carbocycles. The van der Waals surface area contributed by atoms with Crippen LogP contribution in [-0.4, -0.2) is 50.6 Å². The molecule has 0 atom stereocenters. The van der Waals surface area contributed by atoms with E-state index in [1.54, 1.807) is 24.3 Å². The van der Waals surface area contributed by atoms with Crippen molar-refractivity contribution in [2.24, 2.45) is 0 Å². The number of hydrogen-bond donors (Lipinski definition) is 3. The maximum atomic E-state index is 8.74. The van der Waals surface area contributed by atoms with E-state index in [0.717, 1.165) is 0 Å². The van der Waals surface area contributed by atoms with Crippen LogP contribution in [0.2, 0.25) is 3.67 Å². The molecule has 0 unspecified atom stereocenters. The van der Waals surface area contributed by atoms with Gasteiger partial charge in [-0.3, -0.25) is 9.11 Å². The van der Waals surface area contributed by atoms with Crippen LogP contribution in [0.1, 0.15) is 71.1 Å². The molecule has 0 aliphatic rings. The Morgan fingerprint density at radius 2 is 1.16 bits per heavy atom. The fourth-order valence-electron chi connectivity index (χ4n) is 2.17. The van der Waals surface area contributed by atoms with Crippen LogP contribution in [0, 0.1) is 0 Å². The minimum absolute atomic E-state index is 0.322. The molecular weight excluding hydrogens is 351 g/mol. The van der Waals surface area contributed by atoms with E-state index in [2.05, 4.69) is 6.92 Å². The summed E-state index contributed by atoms with van der Waals surface area (Å²) in [5, 5.41) is 8.63. The first-order chi connectivity index (χ1) is 11.8. The largest absolute Gasteiger partial charge is 0.508 e. The second-order valence-corrected chi connectivity index (χ2v) is 7.86. The molecule has 1 rings (SSSR count). The second-order valence-electron chi connectivity index (χ2n) is 5.97. The molecule has 7 heteroatoms. The van der Waals surface area contributed by atoms with Crippen molar-refractivity contribution in [3.63, 3.8) is 0 Å². The molecule has 3 N–H and O–H groups in total. The SMILES string of the molecule is CCCCCCCCCCC[CH2][Na].O=S(=O)(O)O.Oc1ccccc1. The third-order valence-electron chi connectivity index (χ3n) is 3.46. The fourth-order valence-corrected chi connectivity index (χ4v) is 2.67. The average Bonchev–Trinajstić information content (AvgIpc) is 2.53. The van der Waals surface area contributed by atoms with Crippen molar-refractivity contribution in [1.29, 1.82) is 0 Å². The number of aromatic hydroxyl groups is 1. The fraction of sp³-hybridized carbons (Fsp3) is 0.667. The van der Waals surface area contributed by atoms with Crippen molar-refractivity contribution in [1.82, 2.24) is 0 Å². The van der Waals surface area contributed by atoms with Gasteiger partial charge in [0.2, 0.25) is 0 Å². The summed E-state index contributed by atoms with van der Waals surface area (Å²) in [5.41, 5.74) is 0. The van der Waals surface area contributed by atoms with E-state index < -0.39 is 10.4 Å². The number of phenols is 1. The van der Waals surface area contributed by atoms with Crippen LogP contribution >= 0.6 is 0 Å². The van der Waals surface area contributed by atoms with Gasteiger partial charge in [-0.2, -0.15) is 8.42 Å². The molecule has 0 aromatic heterocycles. The van der Waals surface area contributed by atoms with Gasteiger partial charge >= 0.3 is 113 Å². The Kier molecular flexibility index (Phi) is 21.9. The molecule has 1 aromatic rings. The van der Waals surface area contributed by atoms with E-state index in [1.807, 2.05) is 6.07 Å². The number of phenolic OH excluding ortho intramolecular Hbond substituents is 1. The third-order valence-corrected chi connectivity index (χ3v) is 4.17. The summed E-state index contributed by atoms with van der Waals surface area (Å²) < 4.78 is 33.1. The van der Waals surface area contributed by atoms with Crippen molar-refractivity contribution < 1.29 is 22.6 Å². The van der Waals surface area contributed by atoms with Crippen LogP contribution in [-0.2, 0) is 10.4 Å². The number of rotatable bonds is 10. The van der Waals surface area contributed by atoms with E-state index in [0.29, 0.717) is 5.75 Å². The van der Waals surface area contributed by atoms with Crippen LogP contribution in [0.15, 0.2) is 30.3 Å². The molecule has 0 amide bonds. The van der Waals surface area contributed by atoms with E-state index >= 15 is 0 Å². The summed E-state index contributed by atoms with van der Waals surface area (Å²) >= 11 is 1.41. The molecule has 25 heavy (non-hydrogen) atoms. The molecule has 0 aliphatic carbocycles. The van der Waals surface area contributed by atoms with Crippen LogP contribution in [0.25, 0.3) is 0 Å². The van der Waals surface area contributed by atoms with Crippen molar-refractivity contribution >= 4 is 38.3 Å². The molecule has 0 radical (unpaired) electrons. The maximum Gasteiger partial charge on any atom is 0.394 e. The summed E-state index contributed by atoms with van der Waals surface area (Å²) in [6, 6.07) is 8.71. The topological polar surface area (TPSA) is 94.8 Å². The van der Waals surface area contributed by atoms with Gasteiger partial charge < -0.3 is 5.11 Å². The molecule has 5 nitrogen and oxygen atoms in total. The number of para-hydroxylation sites is 1. The van der Waals surface area contributed by atoms with Gasteiger partial charge in [-0.15, -0.1) is 0 Å². The normalized spacial score (nSPS) is 10.3. The minimum atomic E-state index is -4.67. The standard InChI is InChI=1S/C12H25.C6H6O.Na.H2O4S/c1-3-5-7-9-11-12-10-8-6-4-2;7-6-4-2-1-3-5-6;;1-5(2,3)4/h1,3-12H2,2H3;1-5,7H;;(H2,1,2,3,4). The van der Waals surface area contributed by atoms with Crippen molar-refractivity contribution in [3.8, 4) is 5.75 Å². The second kappa shape index (κ2) is 20.2. The Bertz CT molecular complexity index is 448. The summed E-state index contributed by atoms with van der Waals surface area (Å²) in [6.07, 6.45) is 14.7. The Balaban J connectivity index is 0. The van der Waals surface area contributed by atoms with E-state index in [9.17, 15) is 0 Å². The van der Waals surface area contributed by atoms with Gasteiger partial charge in [0.25, 0.3) is 0 Å². The summed E-state index contributed by atoms with van der Waals surface area (Å²) in [5.74, 6) is 0.322. The Morgan fingerprint density at radius 1 is 0.800 bits per heavy atom. The van der Waals surface area contributed by atoms with Crippen LogP contribution < -0.4 is 0 Å². The van der Waals surface area contributed by atoms with Gasteiger partial charge in [-0.25, -0.2) is 0 Å². The average molecular weight is 385 g/mol. The molecular formula is C18H33NaO5S. The summed E-state index contributed by atoms with van der Waals surface area (Å²) in [4.78, 5) is 0.